The molecular weight excluding hydrogens is 322 g/mol. The van der Waals surface area contributed by atoms with Crippen molar-refractivity contribution in [3.63, 3.8) is 0 Å². The third-order valence-corrected chi connectivity index (χ3v) is 4.51. The number of aromatic nitrogens is 3. The van der Waals surface area contributed by atoms with Crippen molar-refractivity contribution in [1.29, 1.82) is 0 Å². The number of hydrogen-bond acceptors (Lipinski definition) is 5. The maximum absolute atomic E-state index is 12.6. The van der Waals surface area contributed by atoms with Crippen molar-refractivity contribution >= 4 is 11.8 Å². The van der Waals surface area contributed by atoms with E-state index in [4.69, 9.17) is 4.42 Å². The largest absolute Gasteiger partial charge is 0.472 e. The lowest BCUT2D eigenvalue weighted by atomic mass is 9.98. The van der Waals surface area contributed by atoms with Gasteiger partial charge in [0.1, 0.15) is 6.26 Å². The summed E-state index contributed by atoms with van der Waals surface area (Å²) in [5, 5.41) is 7.95. The van der Waals surface area contributed by atoms with E-state index < -0.39 is 0 Å². The van der Waals surface area contributed by atoms with Gasteiger partial charge in [-0.2, -0.15) is 0 Å². The van der Waals surface area contributed by atoms with Crippen LogP contribution in [-0.4, -0.2) is 63.3 Å². The van der Waals surface area contributed by atoms with Gasteiger partial charge >= 0.3 is 0 Å². The third-order valence-electron chi connectivity index (χ3n) is 4.51. The third kappa shape index (κ3) is 3.89. The minimum atomic E-state index is -0.166. The van der Waals surface area contributed by atoms with Gasteiger partial charge in [-0.05, 0) is 31.7 Å². The standard InChI is InChI=1S/C17H23N5O3/c1-20(2)17(24)15-11-21(19-18-15)9-6-14-5-3-4-8-22(14)16(23)13-7-10-25-12-13/h7,10-12,14H,3-6,8-9H2,1-2H3. The maximum atomic E-state index is 12.6. The first kappa shape index (κ1) is 17.2. The summed E-state index contributed by atoms with van der Waals surface area (Å²) in [4.78, 5) is 27.9. The first-order valence-corrected chi connectivity index (χ1v) is 8.51. The Morgan fingerprint density at radius 1 is 1.36 bits per heavy atom. The lowest BCUT2D eigenvalue weighted by Crippen LogP contribution is -2.44. The number of carbonyl (C=O) groups is 2. The van der Waals surface area contributed by atoms with Crippen molar-refractivity contribution in [1.82, 2.24) is 24.8 Å². The van der Waals surface area contributed by atoms with Gasteiger partial charge in [0.05, 0.1) is 18.0 Å². The molecule has 3 heterocycles. The van der Waals surface area contributed by atoms with E-state index in [0.29, 0.717) is 17.8 Å². The fourth-order valence-electron chi connectivity index (χ4n) is 3.14. The minimum absolute atomic E-state index is 0.0144. The molecule has 3 rings (SSSR count). The van der Waals surface area contributed by atoms with Crippen LogP contribution in [0.25, 0.3) is 0 Å². The SMILES string of the molecule is CN(C)C(=O)c1cn(CCC2CCCCN2C(=O)c2ccoc2)nn1. The van der Waals surface area contributed by atoms with E-state index in [9.17, 15) is 9.59 Å². The fraction of sp³-hybridized carbons (Fsp3) is 0.529. The number of amides is 2. The van der Waals surface area contributed by atoms with Crippen molar-refractivity contribution in [2.75, 3.05) is 20.6 Å². The van der Waals surface area contributed by atoms with E-state index in [2.05, 4.69) is 10.3 Å². The average molecular weight is 345 g/mol. The summed E-state index contributed by atoms with van der Waals surface area (Å²) in [6.07, 6.45) is 8.56. The summed E-state index contributed by atoms with van der Waals surface area (Å²) in [6.45, 7) is 1.38. The predicted octanol–water partition coefficient (Wildman–Crippen LogP) is 1.66. The zero-order valence-corrected chi connectivity index (χ0v) is 14.6. The van der Waals surface area contributed by atoms with Crippen LogP contribution in [0.4, 0.5) is 0 Å². The molecule has 2 aromatic rings. The molecule has 1 aliphatic heterocycles. The number of rotatable bonds is 5. The number of aryl methyl sites for hydroxylation is 1. The van der Waals surface area contributed by atoms with Gasteiger partial charge in [0.2, 0.25) is 0 Å². The second-order valence-corrected chi connectivity index (χ2v) is 6.52. The van der Waals surface area contributed by atoms with E-state index in [1.54, 1.807) is 31.0 Å². The quantitative estimate of drug-likeness (QED) is 0.823. The van der Waals surface area contributed by atoms with Gasteiger partial charge in [-0.1, -0.05) is 5.21 Å². The maximum Gasteiger partial charge on any atom is 0.275 e. The fourth-order valence-corrected chi connectivity index (χ4v) is 3.14. The second kappa shape index (κ2) is 7.50. The summed E-state index contributed by atoms with van der Waals surface area (Å²) < 4.78 is 6.70. The van der Waals surface area contributed by atoms with E-state index >= 15 is 0 Å². The summed E-state index contributed by atoms with van der Waals surface area (Å²) in [7, 11) is 3.37. The Labute approximate surface area is 146 Å². The average Bonchev–Trinajstić information content (AvgIpc) is 3.30. The topological polar surface area (TPSA) is 84.5 Å². The number of nitrogens with zero attached hydrogens (tertiary/aromatic N) is 5. The molecule has 25 heavy (non-hydrogen) atoms. The molecular formula is C17H23N5O3. The highest BCUT2D eigenvalue weighted by atomic mass is 16.3. The van der Waals surface area contributed by atoms with Crippen LogP contribution >= 0.6 is 0 Å². The molecule has 8 nitrogen and oxygen atoms in total. The van der Waals surface area contributed by atoms with Crippen molar-refractivity contribution in [3.8, 4) is 0 Å². The van der Waals surface area contributed by atoms with E-state index in [-0.39, 0.29) is 17.9 Å². The van der Waals surface area contributed by atoms with Crippen molar-refractivity contribution in [3.05, 3.63) is 36.0 Å². The van der Waals surface area contributed by atoms with Gasteiger partial charge in [0, 0.05) is 33.2 Å². The number of furan rings is 1. The Balaban J connectivity index is 1.62. The molecule has 1 aliphatic rings. The first-order chi connectivity index (χ1) is 12.1. The monoisotopic (exact) mass is 345 g/mol. The smallest absolute Gasteiger partial charge is 0.275 e. The molecule has 0 aromatic carbocycles. The van der Waals surface area contributed by atoms with E-state index in [0.717, 1.165) is 32.2 Å². The van der Waals surface area contributed by atoms with Crippen molar-refractivity contribution < 1.29 is 14.0 Å². The van der Waals surface area contributed by atoms with Crippen molar-refractivity contribution in [2.24, 2.45) is 0 Å². The molecule has 1 saturated heterocycles. The lowest BCUT2D eigenvalue weighted by molar-refractivity contribution is 0.0593. The molecule has 0 radical (unpaired) electrons. The highest BCUT2D eigenvalue weighted by Crippen LogP contribution is 2.22. The molecule has 0 saturated carbocycles. The Morgan fingerprint density at radius 3 is 2.92 bits per heavy atom. The van der Waals surface area contributed by atoms with E-state index in [1.165, 1.54) is 17.4 Å². The van der Waals surface area contributed by atoms with Gasteiger partial charge in [-0.15, -0.1) is 5.10 Å². The van der Waals surface area contributed by atoms with Gasteiger partial charge in [0.15, 0.2) is 5.69 Å². The molecule has 0 bridgehead atoms. The van der Waals surface area contributed by atoms with Crippen LogP contribution in [0.3, 0.4) is 0 Å². The molecule has 1 fully saturated rings. The zero-order valence-electron chi connectivity index (χ0n) is 14.6. The molecule has 2 aromatic heterocycles. The highest BCUT2D eigenvalue weighted by Gasteiger charge is 2.28. The van der Waals surface area contributed by atoms with Crippen molar-refractivity contribution in [2.45, 2.75) is 38.3 Å². The molecule has 8 heteroatoms. The highest BCUT2D eigenvalue weighted by molar-refractivity contribution is 5.94. The van der Waals surface area contributed by atoms with Crippen LogP contribution in [0.5, 0.6) is 0 Å². The number of piperidine rings is 1. The summed E-state index contributed by atoms with van der Waals surface area (Å²) in [6, 6.07) is 1.86. The number of hydrogen-bond donors (Lipinski definition) is 0. The summed E-state index contributed by atoms with van der Waals surface area (Å²) in [5.41, 5.74) is 0.923. The van der Waals surface area contributed by atoms with Gasteiger partial charge in [-0.3, -0.25) is 14.3 Å². The zero-order chi connectivity index (χ0) is 17.8. The minimum Gasteiger partial charge on any atom is -0.472 e. The first-order valence-electron chi connectivity index (χ1n) is 8.51. The van der Waals surface area contributed by atoms with Gasteiger partial charge < -0.3 is 14.2 Å². The lowest BCUT2D eigenvalue weighted by Gasteiger charge is -2.35. The van der Waals surface area contributed by atoms with Crippen LogP contribution in [0.1, 0.15) is 46.5 Å². The normalized spacial score (nSPS) is 17.5. The molecule has 1 atom stereocenters. The van der Waals surface area contributed by atoms with Gasteiger partial charge in [0.25, 0.3) is 11.8 Å². The van der Waals surface area contributed by atoms with Crippen LogP contribution < -0.4 is 0 Å². The Kier molecular flexibility index (Phi) is 5.16. The van der Waals surface area contributed by atoms with Crippen LogP contribution in [0, 0.1) is 0 Å². The Morgan fingerprint density at radius 2 is 2.20 bits per heavy atom. The predicted molar refractivity (Wildman–Crippen MR) is 90.0 cm³/mol. The molecule has 0 spiro atoms. The molecule has 2 amide bonds. The molecule has 0 N–H and O–H groups in total. The summed E-state index contributed by atoms with van der Waals surface area (Å²) >= 11 is 0. The molecule has 0 aliphatic carbocycles. The van der Waals surface area contributed by atoms with E-state index in [1.807, 2.05) is 4.90 Å². The van der Waals surface area contributed by atoms with Crippen LogP contribution in [0.15, 0.2) is 29.2 Å². The Hall–Kier alpha value is -2.64. The van der Waals surface area contributed by atoms with Crippen LogP contribution in [-0.2, 0) is 6.54 Å². The van der Waals surface area contributed by atoms with Gasteiger partial charge in [-0.25, -0.2) is 0 Å². The Bertz CT molecular complexity index is 722. The van der Waals surface area contributed by atoms with Crippen LogP contribution in [0.2, 0.25) is 0 Å². The molecule has 1 unspecified atom stereocenters. The number of likely N-dealkylation sites (tertiary alicyclic amines) is 1. The molecule has 134 valence electrons. The summed E-state index contributed by atoms with van der Waals surface area (Å²) in [5.74, 6) is -0.152. The number of carbonyl (C=O) groups excluding carboxylic acids is 2. The second-order valence-electron chi connectivity index (χ2n) is 6.52.